The molecular weight excluding hydrogens is 430 g/mol. The smallest absolute Gasteiger partial charge is 0.297 e. The topological polar surface area (TPSA) is 84.7 Å². The maximum absolute atomic E-state index is 12.7. The van der Waals surface area contributed by atoms with E-state index in [1.54, 1.807) is 35.2 Å². The van der Waals surface area contributed by atoms with Crippen LogP contribution in [0.3, 0.4) is 0 Å². The van der Waals surface area contributed by atoms with Crippen molar-refractivity contribution in [1.82, 2.24) is 5.16 Å². The Labute approximate surface area is 192 Å². The largest absolute Gasteiger partial charge is 0.476 e. The molecule has 0 saturated heterocycles. The third kappa shape index (κ3) is 5.88. The van der Waals surface area contributed by atoms with Crippen molar-refractivity contribution in [3.05, 3.63) is 70.9 Å². The lowest BCUT2D eigenvalue weighted by Crippen LogP contribution is -2.42. The normalized spacial score (nSPS) is 14.6. The molecular formula is C24H26ClN3O4. The highest BCUT2D eigenvalue weighted by Gasteiger charge is 2.31. The SMILES string of the molecule is CC(=O)Nc1ccc(Cl)cc1.CCOc1cc(C(=O)N2c3ccccc3CC[C@@H]2C)on1. The summed E-state index contributed by atoms with van der Waals surface area (Å²) in [5.41, 5.74) is 2.91. The number of benzene rings is 2. The van der Waals surface area contributed by atoms with E-state index in [2.05, 4.69) is 16.5 Å². The van der Waals surface area contributed by atoms with E-state index in [1.165, 1.54) is 12.5 Å². The highest BCUT2D eigenvalue weighted by Crippen LogP contribution is 2.32. The molecule has 0 unspecified atom stereocenters. The summed E-state index contributed by atoms with van der Waals surface area (Å²) >= 11 is 5.64. The number of aromatic nitrogens is 1. The number of para-hydroxylation sites is 1. The van der Waals surface area contributed by atoms with Gasteiger partial charge in [0.15, 0.2) is 0 Å². The average Bonchev–Trinajstić information content (AvgIpc) is 3.24. The summed E-state index contributed by atoms with van der Waals surface area (Å²) in [7, 11) is 0. The van der Waals surface area contributed by atoms with Gasteiger partial charge in [0.1, 0.15) is 0 Å². The number of anilines is 2. The molecule has 1 N–H and O–H groups in total. The molecule has 3 aromatic rings. The zero-order valence-corrected chi connectivity index (χ0v) is 19.1. The van der Waals surface area contributed by atoms with Crippen molar-refractivity contribution in [2.24, 2.45) is 0 Å². The van der Waals surface area contributed by atoms with Crippen LogP contribution in [0.4, 0.5) is 11.4 Å². The van der Waals surface area contributed by atoms with Crippen molar-refractivity contribution in [1.29, 1.82) is 0 Å². The van der Waals surface area contributed by atoms with E-state index in [0.29, 0.717) is 17.5 Å². The zero-order valence-electron chi connectivity index (χ0n) is 18.3. The van der Waals surface area contributed by atoms with Crippen LogP contribution in [0.15, 0.2) is 59.1 Å². The molecule has 4 rings (SSSR count). The molecule has 8 heteroatoms. The number of nitrogens with zero attached hydrogens (tertiary/aromatic N) is 2. The molecule has 2 aromatic carbocycles. The van der Waals surface area contributed by atoms with Crippen molar-refractivity contribution >= 4 is 34.8 Å². The van der Waals surface area contributed by atoms with Gasteiger partial charge >= 0.3 is 0 Å². The van der Waals surface area contributed by atoms with Crippen LogP contribution >= 0.6 is 11.6 Å². The first-order valence-corrected chi connectivity index (χ1v) is 10.8. The molecule has 0 fully saturated rings. The van der Waals surface area contributed by atoms with Crippen molar-refractivity contribution in [3.63, 3.8) is 0 Å². The van der Waals surface area contributed by atoms with E-state index >= 15 is 0 Å². The van der Waals surface area contributed by atoms with Crippen molar-refractivity contribution in [3.8, 4) is 5.88 Å². The van der Waals surface area contributed by atoms with Gasteiger partial charge in [0.25, 0.3) is 11.8 Å². The predicted molar refractivity (Wildman–Crippen MR) is 124 cm³/mol. The van der Waals surface area contributed by atoms with E-state index in [9.17, 15) is 9.59 Å². The fourth-order valence-corrected chi connectivity index (χ4v) is 3.55. The number of rotatable bonds is 4. The Balaban J connectivity index is 0.000000222. The quantitative estimate of drug-likeness (QED) is 0.573. The molecule has 0 spiro atoms. The number of fused-ring (bicyclic) bond motifs is 1. The van der Waals surface area contributed by atoms with Crippen molar-refractivity contribution in [2.75, 3.05) is 16.8 Å². The van der Waals surface area contributed by atoms with Crippen LogP contribution in [-0.4, -0.2) is 29.6 Å². The zero-order chi connectivity index (χ0) is 23.1. The molecule has 1 atom stereocenters. The first-order chi connectivity index (χ1) is 15.4. The fourth-order valence-electron chi connectivity index (χ4n) is 3.43. The molecule has 2 heterocycles. The summed E-state index contributed by atoms with van der Waals surface area (Å²) in [6, 6.07) is 16.6. The van der Waals surface area contributed by atoms with Crippen molar-refractivity contribution in [2.45, 2.75) is 39.7 Å². The van der Waals surface area contributed by atoms with Gasteiger partial charge < -0.3 is 19.5 Å². The van der Waals surface area contributed by atoms with Gasteiger partial charge in [0.2, 0.25) is 11.7 Å². The minimum atomic E-state index is -0.173. The van der Waals surface area contributed by atoms with Crippen LogP contribution < -0.4 is 15.0 Å². The van der Waals surface area contributed by atoms with Gasteiger partial charge in [-0.2, -0.15) is 0 Å². The Morgan fingerprint density at radius 2 is 1.94 bits per heavy atom. The number of carbonyl (C=O) groups is 2. The standard InChI is InChI=1S/C16H18N2O3.C8H8ClNO/c1-3-20-15-10-14(21-17-15)16(19)18-11(2)8-9-12-6-4-5-7-13(12)18;1-6(11)10-8-4-2-7(9)3-5-8/h4-7,10-11H,3,8-9H2,1-2H3;2-5H,1H3,(H,10,11)/t11-;/m0./s1. The number of nitrogens with one attached hydrogen (secondary N) is 1. The van der Waals surface area contributed by atoms with Crippen molar-refractivity contribution < 1.29 is 18.8 Å². The van der Waals surface area contributed by atoms with Crippen LogP contribution in [0.5, 0.6) is 5.88 Å². The molecule has 168 valence electrons. The first-order valence-electron chi connectivity index (χ1n) is 10.4. The van der Waals surface area contributed by atoms with Gasteiger partial charge in [0.05, 0.1) is 12.7 Å². The second-order valence-corrected chi connectivity index (χ2v) is 7.78. The monoisotopic (exact) mass is 455 g/mol. The van der Waals surface area contributed by atoms with Gasteiger partial charge in [-0.1, -0.05) is 29.8 Å². The Morgan fingerprint density at radius 3 is 2.62 bits per heavy atom. The van der Waals surface area contributed by atoms with Gasteiger partial charge in [0, 0.05) is 29.4 Å². The Morgan fingerprint density at radius 1 is 1.22 bits per heavy atom. The lowest BCUT2D eigenvalue weighted by atomic mass is 9.96. The van der Waals surface area contributed by atoms with Crippen LogP contribution in [0, 0.1) is 0 Å². The lowest BCUT2D eigenvalue weighted by molar-refractivity contribution is -0.114. The second-order valence-electron chi connectivity index (χ2n) is 7.34. The summed E-state index contributed by atoms with van der Waals surface area (Å²) in [4.78, 5) is 25.1. The van der Waals surface area contributed by atoms with Crippen LogP contribution in [0.25, 0.3) is 0 Å². The number of hydrogen-bond acceptors (Lipinski definition) is 5. The van der Waals surface area contributed by atoms with Gasteiger partial charge in [-0.25, -0.2) is 0 Å². The van der Waals surface area contributed by atoms with Gasteiger partial charge in [-0.05, 0) is 67.7 Å². The summed E-state index contributed by atoms with van der Waals surface area (Å²) in [5.74, 6) is 0.307. The molecule has 2 amide bonds. The fraction of sp³-hybridized carbons (Fsp3) is 0.292. The third-order valence-corrected chi connectivity index (χ3v) is 5.15. The van der Waals surface area contributed by atoms with E-state index in [1.807, 2.05) is 32.0 Å². The highest BCUT2D eigenvalue weighted by atomic mass is 35.5. The van der Waals surface area contributed by atoms with E-state index in [-0.39, 0.29) is 23.6 Å². The molecule has 0 radical (unpaired) electrons. The van der Waals surface area contributed by atoms with E-state index in [0.717, 1.165) is 24.2 Å². The molecule has 1 aliphatic heterocycles. The summed E-state index contributed by atoms with van der Waals surface area (Å²) < 4.78 is 10.4. The number of ether oxygens (including phenoxy) is 1. The summed E-state index contributed by atoms with van der Waals surface area (Å²) in [5, 5.41) is 7.06. The van der Waals surface area contributed by atoms with E-state index in [4.69, 9.17) is 20.9 Å². The van der Waals surface area contributed by atoms with Crippen LogP contribution in [-0.2, 0) is 11.2 Å². The lowest BCUT2D eigenvalue weighted by Gasteiger charge is -2.34. The summed E-state index contributed by atoms with van der Waals surface area (Å²) in [6.45, 7) is 5.87. The maximum atomic E-state index is 12.7. The molecule has 0 bridgehead atoms. The number of amides is 2. The Kier molecular flexibility index (Phi) is 7.89. The maximum Gasteiger partial charge on any atom is 0.297 e. The van der Waals surface area contributed by atoms with Crippen LogP contribution in [0.2, 0.25) is 5.02 Å². The average molecular weight is 456 g/mol. The number of hydrogen-bond donors (Lipinski definition) is 1. The van der Waals surface area contributed by atoms with Gasteiger partial charge in [-0.3, -0.25) is 9.59 Å². The van der Waals surface area contributed by atoms with E-state index < -0.39 is 0 Å². The first kappa shape index (κ1) is 23.3. The molecule has 32 heavy (non-hydrogen) atoms. The number of halogens is 1. The van der Waals surface area contributed by atoms with Crippen LogP contribution in [0.1, 0.15) is 43.3 Å². The molecule has 7 nitrogen and oxygen atoms in total. The minimum Gasteiger partial charge on any atom is -0.476 e. The minimum absolute atomic E-state index is 0.0766. The second kappa shape index (κ2) is 10.8. The Hall–Kier alpha value is -3.32. The number of aryl methyl sites for hydroxylation is 1. The van der Waals surface area contributed by atoms with Gasteiger partial charge in [-0.15, -0.1) is 0 Å². The molecule has 0 aliphatic carbocycles. The molecule has 1 aromatic heterocycles. The Bertz CT molecular complexity index is 1070. The predicted octanol–water partition coefficient (Wildman–Crippen LogP) is 5.35. The molecule has 0 saturated carbocycles. The summed E-state index contributed by atoms with van der Waals surface area (Å²) in [6.07, 6.45) is 1.93. The number of carbonyl (C=O) groups excluding carboxylic acids is 2. The highest BCUT2D eigenvalue weighted by molar-refractivity contribution is 6.30. The third-order valence-electron chi connectivity index (χ3n) is 4.90. The molecule has 1 aliphatic rings.